The van der Waals surface area contributed by atoms with E-state index in [1.807, 2.05) is 43.3 Å². The summed E-state index contributed by atoms with van der Waals surface area (Å²) in [6, 6.07) is 19.8. The van der Waals surface area contributed by atoms with Gasteiger partial charge in [-0.25, -0.2) is 9.24 Å². The lowest BCUT2D eigenvalue weighted by molar-refractivity contribution is -0.136. The molecule has 160 valence electrons. The maximum Gasteiger partial charge on any atom is 0.190 e. The fourth-order valence-corrected chi connectivity index (χ4v) is 3.96. The smallest absolute Gasteiger partial charge is 0.190 e. The molecule has 4 nitrogen and oxygen atoms in total. The molecule has 32 heavy (non-hydrogen) atoms. The zero-order valence-electron chi connectivity index (χ0n) is 18.0. The van der Waals surface area contributed by atoms with Gasteiger partial charge in [-0.05, 0) is 48.7 Å². The zero-order valence-corrected chi connectivity index (χ0v) is 18.0. The summed E-state index contributed by atoms with van der Waals surface area (Å²) in [6.07, 6.45) is 1.75. The molecule has 0 saturated carbocycles. The van der Waals surface area contributed by atoms with Crippen LogP contribution in [0.4, 0.5) is 10.1 Å². The molecule has 0 spiro atoms. The van der Waals surface area contributed by atoms with E-state index in [-0.39, 0.29) is 24.6 Å². The van der Waals surface area contributed by atoms with Crippen LogP contribution in [0.25, 0.3) is 26.9 Å². The first-order valence-electron chi connectivity index (χ1n) is 10.4. The van der Waals surface area contributed by atoms with E-state index in [9.17, 15) is 9.90 Å². The molecular weight excluding hydrogens is 403 g/mol. The standard InChI is InChI=1S/C27H23FN2O2/c1-18-15-19(9-11-23(18)29-3)16-25(31)27(2,32)17-30-14-13-22-24(30)12-10-21(26(22)28)20-7-5-4-6-8-20/h4-15,32H,16-17H2,1-2H3/t27-/m0/s1. The topological polar surface area (TPSA) is 46.6 Å². The third-order valence-corrected chi connectivity index (χ3v) is 5.80. The van der Waals surface area contributed by atoms with Crippen LogP contribution >= 0.6 is 0 Å². The molecular formula is C27H23FN2O2. The third-order valence-electron chi connectivity index (χ3n) is 5.80. The van der Waals surface area contributed by atoms with Crippen molar-refractivity contribution in [3.05, 3.63) is 101 Å². The molecule has 0 aliphatic heterocycles. The Morgan fingerprint density at radius 1 is 1.12 bits per heavy atom. The van der Waals surface area contributed by atoms with E-state index in [0.29, 0.717) is 22.2 Å². The second-order valence-electron chi connectivity index (χ2n) is 8.28. The lowest BCUT2D eigenvalue weighted by Gasteiger charge is -2.23. The van der Waals surface area contributed by atoms with Crippen molar-refractivity contribution in [1.29, 1.82) is 0 Å². The number of aliphatic hydroxyl groups is 1. The Morgan fingerprint density at radius 3 is 2.56 bits per heavy atom. The summed E-state index contributed by atoms with van der Waals surface area (Å²) in [5, 5.41) is 11.4. The molecule has 5 heteroatoms. The summed E-state index contributed by atoms with van der Waals surface area (Å²) < 4.78 is 16.9. The fraction of sp³-hybridized carbons (Fsp3) is 0.185. The van der Waals surface area contributed by atoms with Gasteiger partial charge >= 0.3 is 0 Å². The number of hydrogen-bond acceptors (Lipinski definition) is 2. The van der Waals surface area contributed by atoms with Gasteiger partial charge < -0.3 is 9.67 Å². The van der Waals surface area contributed by atoms with Gasteiger partial charge in [0, 0.05) is 23.6 Å². The SMILES string of the molecule is [C-]#[N+]c1ccc(CC(=O)[C@@](C)(O)Cn2ccc3c(F)c(-c4ccccc4)ccc32)cc1C. The summed E-state index contributed by atoms with van der Waals surface area (Å²) in [6.45, 7) is 10.5. The van der Waals surface area contributed by atoms with Crippen molar-refractivity contribution in [3.8, 4) is 11.1 Å². The molecule has 4 rings (SSSR count). The predicted octanol–water partition coefficient (Wildman–Crippen LogP) is 5.87. The van der Waals surface area contributed by atoms with Gasteiger partial charge in [0.1, 0.15) is 11.4 Å². The average molecular weight is 426 g/mol. The highest BCUT2D eigenvalue weighted by Gasteiger charge is 2.31. The molecule has 4 aromatic rings. The maximum atomic E-state index is 15.2. The second kappa shape index (κ2) is 8.41. The van der Waals surface area contributed by atoms with Crippen molar-refractivity contribution in [2.75, 3.05) is 0 Å². The van der Waals surface area contributed by atoms with Gasteiger partial charge in [-0.2, -0.15) is 0 Å². The van der Waals surface area contributed by atoms with Gasteiger partial charge in [-0.1, -0.05) is 48.5 Å². The zero-order chi connectivity index (χ0) is 22.9. The minimum atomic E-state index is -1.63. The Hall–Kier alpha value is -3.75. The molecule has 1 heterocycles. The van der Waals surface area contributed by atoms with Crippen LogP contribution in [0.2, 0.25) is 0 Å². The van der Waals surface area contributed by atoms with Crippen LogP contribution < -0.4 is 0 Å². The first-order chi connectivity index (χ1) is 15.3. The number of carbonyl (C=O) groups excluding carboxylic acids is 1. The largest absolute Gasteiger partial charge is 0.380 e. The molecule has 0 amide bonds. The van der Waals surface area contributed by atoms with E-state index in [1.54, 1.807) is 41.1 Å². The Kier molecular flexibility index (Phi) is 5.65. The number of benzene rings is 3. The maximum absolute atomic E-state index is 15.2. The van der Waals surface area contributed by atoms with E-state index >= 15 is 4.39 Å². The molecule has 0 aliphatic rings. The number of halogens is 1. The molecule has 0 bridgehead atoms. The molecule has 0 aliphatic carbocycles. The Balaban J connectivity index is 1.58. The lowest BCUT2D eigenvalue weighted by atomic mass is 9.94. The number of Topliss-reactive ketones (excluding diaryl/α,β-unsaturated/α-hetero) is 1. The second-order valence-corrected chi connectivity index (χ2v) is 8.28. The molecule has 0 fully saturated rings. The summed E-state index contributed by atoms with van der Waals surface area (Å²) in [4.78, 5) is 16.3. The van der Waals surface area contributed by atoms with E-state index in [2.05, 4.69) is 4.85 Å². The Labute approximate surface area is 186 Å². The molecule has 0 unspecified atom stereocenters. The van der Waals surface area contributed by atoms with Gasteiger partial charge in [0.05, 0.1) is 18.6 Å². The Bertz CT molecular complexity index is 1350. The number of fused-ring (bicyclic) bond motifs is 1. The molecule has 0 saturated heterocycles. The molecule has 1 atom stereocenters. The molecule has 1 N–H and O–H groups in total. The number of ketones is 1. The highest BCUT2D eigenvalue weighted by Crippen LogP contribution is 2.30. The van der Waals surface area contributed by atoms with E-state index in [4.69, 9.17) is 6.57 Å². The molecule has 0 radical (unpaired) electrons. The van der Waals surface area contributed by atoms with Crippen LogP contribution in [0.15, 0.2) is 72.9 Å². The Morgan fingerprint density at radius 2 is 1.88 bits per heavy atom. The van der Waals surface area contributed by atoms with E-state index in [0.717, 1.165) is 16.7 Å². The third kappa shape index (κ3) is 4.05. The van der Waals surface area contributed by atoms with Gasteiger partial charge in [-0.3, -0.25) is 4.79 Å². The average Bonchev–Trinajstić information content (AvgIpc) is 3.17. The van der Waals surface area contributed by atoms with E-state index in [1.165, 1.54) is 6.92 Å². The van der Waals surface area contributed by atoms with Crippen LogP contribution in [0.5, 0.6) is 0 Å². The van der Waals surface area contributed by atoms with E-state index < -0.39 is 5.60 Å². The van der Waals surface area contributed by atoms with Gasteiger partial charge in [0.15, 0.2) is 11.5 Å². The van der Waals surface area contributed by atoms with Crippen LogP contribution in [-0.4, -0.2) is 21.1 Å². The number of aromatic nitrogens is 1. The number of rotatable bonds is 6. The highest BCUT2D eigenvalue weighted by molar-refractivity contribution is 5.90. The predicted molar refractivity (Wildman–Crippen MR) is 124 cm³/mol. The highest BCUT2D eigenvalue weighted by atomic mass is 19.1. The van der Waals surface area contributed by atoms with Crippen LogP contribution in [-0.2, 0) is 17.8 Å². The lowest BCUT2D eigenvalue weighted by Crippen LogP contribution is -2.40. The van der Waals surface area contributed by atoms with Crippen molar-refractivity contribution < 1.29 is 14.3 Å². The first-order valence-corrected chi connectivity index (χ1v) is 10.4. The summed E-state index contributed by atoms with van der Waals surface area (Å²) in [5.41, 5.74) is 2.38. The first kappa shape index (κ1) is 21.5. The quantitative estimate of drug-likeness (QED) is 0.392. The molecule has 3 aromatic carbocycles. The summed E-state index contributed by atoms with van der Waals surface area (Å²) in [5.74, 6) is -0.663. The summed E-state index contributed by atoms with van der Waals surface area (Å²) >= 11 is 0. The number of nitrogens with zero attached hydrogens (tertiary/aromatic N) is 2. The van der Waals surface area contributed by atoms with Crippen LogP contribution in [0, 0.1) is 19.3 Å². The van der Waals surface area contributed by atoms with Gasteiger partial charge in [-0.15, -0.1) is 0 Å². The summed E-state index contributed by atoms with van der Waals surface area (Å²) in [7, 11) is 0. The van der Waals surface area contributed by atoms with Crippen molar-refractivity contribution in [1.82, 2.24) is 4.57 Å². The van der Waals surface area contributed by atoms with Gasteiger partial charge in [0.2, 0.25) is 0 Å². The minimum absolute atomic E-state index is 0.0125. The van der Waals surface area contributed by atoms with Crippen molar-refractivity contribution in [3.63, 3.8) is 0 Å². The van der Waals surface area contributed by atoms with Crippen LogP contribution in [0.3, 0.4) is 0 Å². The number of aryl methyl sites for hydroxylation is 1. The fourth-order valence-electron chi connectivity index (χ4n) is 3.96. The normalized spacial score (nSPS) is 13.0. The number of hydrogen-bond donors (Lipinski definition) is 1. The van der Waals surface area contributed by atoms with Gasteiger partial charge in [0.25, 0.3) is 0 Å². The minimum Gasteiger partial charge on any atom is -0.380 e. The van der Waals surface area contributed by atoms with Crippen molar-refractivity contribution in [2.24, 2.45) is 0 Å². The van der Waals surface area contributed by atoms with Crippen LogP contribution in [0.1, 0.15) is 18.1 Å². The number of carbonyl (C=O) groups is 1. The van der Waals surface area contributed by atoms with Crippen molar-refractivity contribution in [2.45, 2.75) is 32.4 Å². The molecule has 1 aromatic heterocycles. The van der Waals surface area contributed by atoms with Crippen molar-refractivity contribution >= 4 is 22.4 Å². The monoisotopic (exact) mass is 426 g/mol.